The first-order valence-corrected chi connectivity index (χ1v) is 6.03. The summed E-state index contributed by atoms with van der Waals surface area (Å²) in [5.41, 5.74) is 4.55. The normalized spacial score (nSPS) is 11.5. The second-order valence-electron chi connectivity index (χ2n) is 4.25. The number of alkyl halides is 3. The third-order valence-corrected chi connectivity index (χ3v) is 2.93. The van der Waals surface area contributed by atoms with Gasteiger partial charge in [-0.15, -0.1) is 0 Å². The summed E-state index contributed by atoms with van der Waals surface area (Å²) in [6, 6.07) is 3.07. The number of hydrogen-bond acceptors (Lipinski definition) is 3. The Kier molecular flexibility index (Phi) is 3.82. The fourth-order valence-corrected chi connectivity index (χ4v) is 1.92. The van der Waals surface area contributed by atoms with Crippen molar-refractivity contribution in [2.24, 2.45) is 7.05 Å². The summed E-state index contributed by atoms with van der Waals surface area (Å²) in [6.07, 6.45) is -3.19. The van der Waals surface area contributed by atoms with E-state index < -0.39 is 22.7 Å². The topological polar surface area (TPSA) is 72.9 Å². The van der Waals surface area contributed by atoms with Crippen molar-refractivity contribution in [2.45, 2.75) is 6.18 Å². The average molecular weight is 319 g/mol. The van der Waals surface area contributed by atoms with Gasteiger partial charge in [-0.05, 0) is 18.2 Å². The maximum absolute atomic E-state index is 12.7. The number of halogens is 4. The van der Waals surface area contributed by atoms with Crippen molar-refractivity contribution >= 4 is 28.9 Å². The lowest BCUT2D eigenvalue weighted by atomic mass is 10.2. The molecule has 1 aromatic carbocycles. The molecule has 0 saturated carbocycles. The predicted octanol–water partition coefficient (Wildman–Crippen LogP) is 2.93. The van der Waals surface area contributed by atoms with Crippen molar-refractivity contribution in [3.8, 4) is 0 Å². The van der Waals surface area contributed by atoms with E-state index in [1.54, 1.807) is 7.05 Å². The molecular weight excluding hydrogens is 309 g/mol. The largest absolute Gasteiger partial charge is 0.417 e. The van der Waals surface area contributed by atoms with E-state index in [1.165, 1.54) is 16.9 Å². The number of aromatic nitrogens is 2. The molecule has 1 amide bonds. The minimum atomic E-state index is -4.61. The summed E-state index contributed by atoms with van der Waals surface area (Å²) in [6.45, 7) is 0. The molecule has 0 bridgehead atoms. The van der Waals surface area contributed by atoms with Crippen LogP contribution in [0.1, 0.15) is 16.1 Å². The van der Waals surface area contributed by atoms with Crippen molar-refractivity contribution in [1.29, 1.82) is 0 Å². The minimum Gasteiger partial charge on any atom is -0.396 e. The van der Waals surface area contributed by atoms with Crippen molar-refractivity contribution < 1.29 is 18.0 Å². The van der Waals surface area contributed by atoms with Crippen molar-refractivity contribution in [3.63, 3.8) is 0 Å². The quantitative estimate of drug-likeness (QED) is 0.894. The lowest BCUT2D eigenvalue weighted by Crippen LogP contribution is -2.15. The first-order valence-electron chi connectivity index (χ1n) is 5.65. The van der Waals surface area contributed by atoms with Crippen molar-refractivity contribution in [2.75, 3.05) is 11.1 Å². The van der Waals surface area contributed by atoms with Gasteiger partial charge in [0.25, 0.3) is 5.91 Å². The van der Waals surface area contributed by atoms with Gasteiger partial charge in [-0.1, -0.05) is 11.6 Å². The molecule has 3 N–H and O–H groups in total. The van der Waals surface area contributed by atoms with Gasteiger partial charge < -0.3 is 11.1 Å². The number of carbonyl (C=O) groups is 1. The van der Waals surface area contributed by atoms with Gasteiger partial charge in [0.1, 0.15) is 0 Å². The van der Waals surface area contributed by atoms with Gasteiger partial charge in [0.15, 0.2) is 5.69 Å². The minimum absolute atomic E-state index is 0.0539. The zero-order valence-electron chi connectivity index (χ0n) is 10.7. The summed E-state index contributed by atoms with van der Waals surface area (Å²) in [5, 5.41) is 5.68. The number of hydrogen-bond donors (Lipinski definition) is 2. The van der Waals surface area contributed by atoms with Crippen LogP contribution in [-0.4, -0.2) is 15.7 Å². The molecule has 0 atom stereocenters. The van der Waals surface area contributed by atoms with Crippen LogP contribution in [0, 0.1) is 0 Å². The number of nitrogens with two attached hydrogens (primary N) is 1. The van der Waals surface area contributed by atoms with Crippen LogP contribution in [-0.2, 0) is 13.2 Å². The first kappa shape index (κ1) is 15.2. The van der Waals surface area contributed by atoms with Gasteiger partial charge in [-0.2, -0.15) is 18.3 Å². The van der Waals surface area contributed by atoms with E-state index >= 15 is 0 Å². The molecule has 1 heterocycles. The second kappa shape index (κ2) is 5.28. The maximum Gasteiger partial charge on any atom is 0.417 e. The zero-order chi connectivity index (χ0) is 15.8. The lowest BCUT2D eigenvalue weighted by Gasteiger charge is -2.11. The molecule has 0 aliphatic rings. The Balaban J connectivity index is 2.28. The number of carbonyl (C=O) groups excluding carboxylic acids is 1. The van der Waals surface area contributed by atoms with Crippen LogP contribution in [0.15, 0.2) is 24.4 Å². The molecule has 0 aliphatic carbocycles. The number of nitrogens with zero attached hydrogens (tertiary/aromatic N) is 2. The van der Waals surface area contributed by atoms with Crippen LogP contribution in [0.3, 0.4) is 0 Å². The Hall–Kier alpha value is -2.22. The predicted molar refractivity (Wildman–Crippen MR) is 72.0 cm³/mol. The molecule has 0 unspecified atom stereocenters. The van der Waals surface area contributed by atoms with E-state index in [9.17, 15) is 18.0 Å². The van der Waals surface area contributed by atoms with Crippen LogP contribution < -0.4 is 11.1 Å². The van der Waals surface area contributed by atoms with E-state index in [0.29, 0.717) is 0 Å². The Morgan fingerprint density at radius 3 is 2.62 bits per heavy atom. The Bertz CT molecular complexity index is 696. The molecule has 21 heavy (non-hydrogen) atoms. The summed E-state index contributed by atoms with van der Waals surface area (Å²) in [4.78, 5) is 11.9. The van der Waals surface area contributed by atoms with Crippen LogP contribution >= 0.6 is 11.6 Å². The van der Waals surface area contributed by atoms with Crippen LogP contribution in [0.4, 0.5) is 24.5 Å². The highest BCUT2D eigenvalue weighted by Gasteiger charge is 2.33. The van der Waals surface area contributed by atoms with E-state index in [2.05, 4.69) is 10.4 Å². The first-order chi connectivity index (χ1) is 9.68. The molecule has 2 rings (SSSR count). The monoisotopic (exact) mass is 318 g/mol. The molecular formula is C12H10ClF3N4O. The molecule has 112 valence electrons. The number of amides is 1. The van der Waals surface area contributed by atoms with Gasteiger partial charge in [0, 0.05) is 18.9 Å². The summed E-state index contributed by atoms with van der Waals surface area (Å²) >= 11 is 5.49. The number of rotatable bonds is 2. The smallest absolute Gasteiger partial charge is 0.396 e. The second-order valence-corrected chi connectivity index (χ2v) is 4.66. The molecule has 5 nitrogen and oxygen atoms in total. The van der Waals surface area contributed by atoms with Gasteiger partial charge in [-0.3, -0.25) is 9.48 Å². The average Bonchev–Trinajstić information content (AvgIpc) is 2.69. The standard InChI is InChI=1S/C12H10ClF3N4O/c1-20-5-9(17)10(19-20)11(21)18-6-2-3-8(13)7(4-6)12(14,15)16/h2-5H,17H2,1H3,(H,18,21). The van der Waals surface area contributed by atoms with Crippen LogP contribution in [0.2, 0.25) is 5.02 Å². The highest BCUT2D eigenvalue weighted by atomic mass is 35.5. The van der Waals surface area contributed by atoms with Gasteiger partial charge in [0.2, 0.25) is 0 Å². The third-order valence-electron chi connectivity index (χ3n) is 2.60. The molecule has 0 fully saturated rings. The Morgan fingerprint density at radius 1 is 1.43 bits per heavy atom. The molecule has 0 spiro atoms. The van der Waals surface area contributed by atoms with Crippen molar-refractivity contribution in [3.05, 3.63) is 40.7 Å². The summed E-state index contributed by atoms with van der Waals surface area (Å²) in [7, 11) is 1.57. The fourth-order valence-electron chi connectivity index (χ4n) is 1.69. The SMILES string of the molecule is Cn1cc(N)c(C(=O)Nc2ccc(Cl)c(C(F)(F)F)c2)n1. The van der Waals surface area contributed by atoms with Crippen LogP contribution in [0.5, 0.6) is 0 Å². The van der Waals surface area contributed by atoms with E-state index in [-0.39, 0.29) is 17.1 Å². The third kappa shape index (κ3) is 3.27. The lowest BCUT2D eigenvalue weighted by molar-refractivity contribution is -0.137. The molecule has 1 aromatic heterocycles. The Labute approximate surface area is 122 Å². The number of benzene rings is 1. The number of anilines is 2. The molecule has 9 heteroatoms. The number of aryl methyl sites for hydroxylation is 1. The number of nitrogens with one attached hydrogen (secondary N) is 1. The van der Waals surface area contributed by atoms with E-state index in [1.807, 2.05) is 0 Å². The van der Waals surface area contributed by atoms with E-state index in [4.69, 9.17) is 17.3 Å². The molecule has 2 aromatic rings. The molecule has 0 saturated heterocycles. The van der Waals surface area contributed by atoms with Crippen molar-refractivity contribution in [1.82, 2.24) is 9.78 Å². The van der Waals surface area contributed by atoms with Crippen LogP contribution in [0.25, 0.3) is 0 Å². The Morgan fingerprint density at radius 2 is 2.10 bits per heavy atom. The van der Waals surface area contributed by atoms with Gasteiger partial charge in [0.05, 0.1) is 16.3 Å². The highest BCUT2D eigenvalue weighted by molar-refractivity contribution is 6.31. The van der Waals surface area contributed by atoms with E-state index in [0.717, 1.165) is 12.1 Å². The molecule has 0 aliphatic heterocycles. The van der Waals surface area contributed by atoms with Gasteiger partial charge >= 0.3 is 6.18 Å². The maximum atomic E-state index is 12.7. The number of nitrogen functional groups attached to an aromatic ring is 1. The zero-order valence-corrected chi connectivity index (χ0v) is 11.5. The fraction of sp³-hybridized carbons (Fsp3) is 0.167. The molecule has 0 radical (unpaired) electrons. The summed E-state index contributed by atoms with van der Waals surface area (Å²) < 4.78 is 39.5. The van der Waals surface area contributed by atoms with Gasteiger partial charge in [-0.25, -0.2) is 0 Å². The summed E-state index contributed by atoms with van der Waals surface area (Å²) in [5.74, 6) is -0.705. The highest BCUT2D eigenvalue weighted by Crippen LogP contribution is 2.36.